The molecule has 2 heterocycles. The minimum Gasteiger partial charge on any atom is -0.278 e. The molecule has 0 bridgehead atoms. The predicted octanol–water partition coefficient (Wildman–Crippen LogP) is 2.53. The number of carbonyl (C=O) groups excluding carboxylic acids is 2. The summed E-state index contributed by atoms with van der Waals surface area (Å²) in [6.45, 7) is 4.09. The molecule has 0 atom stereocenters. The molecule has 1 aliphatic heterocycles. The highest BCUT2D eigenvalue weighted by atomic mass is 19.1. The van der Waals surface area contributed by atoms with Crippen molar-refractivity contribution < 1.29 is 15.4 Å². The second-order valence-electron chi connectivity index (χ2n) is 5.75. The van der Waals surface area contributed by atoms with E-state index < -0.39 is 6.03 Å². The standard InChI is InChI=1S/C15H17FN4O2.H2/c1-8(2)9-6-10-12(7-11(9)16)19(3)18-14(10)20-5-4-13(21)17-15(20)22;/h6-8H,4-5H2,1-3H3,(H,17,21,22);1H. The molecule has 1 fully saturated rings. The van der Waals surface area contributed by atoms with Gasteiger partial charge in [0.25, 0.3) is 0 Å². The molecule has 1 saturated heterocycles. The van der Waals surface area contributed by atoms with E-state index >= 15 is 0 Å². The van der Waals surface area contributed by atoms with Crippen molar-refractivity contribution in [3.8, 4) is 0 Å². The summed E-state index contributed by atoms with van der Waals surface area (Å²) in [6.07, 6.45) is 0.224. The third kappa shape index (κ3) is 2.22. The fraction of sp³-hybridized carbons (Fsp3) is 0.400. The molecule has 0 spiro atoms. The van der Waals surface area contributed by atoms with Crippen molar-refractivity contribution in [1.82, 2.24) is 15.1 Å². The van der Waals surface area contributed by atoms with Crippen LogP contribution < -0.4 is 10.2 Å². The van der Waals surface area contributed by atoms with E-state index in [1.165, 1.54) is 11.0 Å². The minimum atomic E-state index is -0.494. The quantitative estimate of drug-likeness (QED) is 0.927. The molecule has 7 heteroatoms. The lowest BCUT2D eigenvalue weighted by molar-refractivity contribution is -0.120. The highest BCUT2D eigenvalue weighted by Crippen LogP contribution is 2.31. The molecule has 0 unspecified atom stereocenters. The van der Waals surface area contributed by atoms with Crippen molar-refractivity contribution in [2.75, 3.05) is 11.4 Å². The molecular weight excluding hydrogens is 287 g/mol. The molecular formula is C15H19FN4O2. The van der Waals surface area contributed by atoms with Gasteiger partial charge in [0, 0.05) is 32.9 Å². The Bertz CT molecular complexity index is 787. The number of halogens is 1. The Morgan fingerprint density at radius 1 is 1.36 bits per heavy atom. The summed E-state index contributed by atoms with van der Waals surface area (Å²) >= 11 is 0. The maximum absolute atomic E-state index is 14.2. The first-order valence-electron chi connectivity index (χ1n) is 7.16. The number of hydrogen-bond acceptors (Lipinski definition) is 3. The van der Waals surface area contributed by atoms with E-state index in [-0.39, 0.29) is 32.0 Å². The average Bonchev–Trinajstić information content (AvgIpc) is 2.74. The molecule has 1 aromatic heterocycles. The Morgan fingerprint density at radius 2 is 2.09 bits per heavy atom. The van der Waals surface area contributed by atoms with Gasteiger partial charge >= 0.3 is 6.03 Å². The fourth-order valence-electron chi connectivity index (χ4n) is 2.68. The maximum atomic E-state index is 14.2. The molecule has 0 aliphatic carbocycles. The summed E-state index contributed by atoms with van der Waals surface area (Å²) in [4.78, 5) is 24.7. The summed E-state index contributed by atoms with van der Waals surface area (Å²) < 4.78 is 15.7. The van der Waals surface area contributed by atoms with E-state index in [9.17, 15) is 14.0 Å². The van der Waals surface area contributed by atoms with E-state index in [0.717, 1.165) is 0 Å². The maximum Gasteiger partial charge on any atom is 0.329 e. The monoisotopic (exact) mass is 306 g/mol. The number of amides is 3. The largest absolute Gasteiger partial charge is 0.329 e. The second kappa shape index (κ2) is 5.08. The van der Waals surface area contributed by atoms with E-state index in [4.69, 9.17) is 0 Å². The van der Waals surface area contributed by atoms with Crippen LogP contribution in [0.15, 0.2) is 12.1 Å². The molecule has 3 rings (SSSR count). The Balaban J connectivity index is 0.00000192. The molecule has 1 N–H and O–H groups in total. The fourth-order valence-corrected chi connectivity index (χ4v) is 2.68. The Morgan fingerprint density at radius 3 is 2.73 bits per heavy atom. The molecule has 118 valence electrons. The summed E-state index contributed by atoms with van der Waals surface area (Å²) in [5.41, 5.74) is 1.19. The van der Waals surface area contributed by atoms with Crippen molar-refractivity contribution in [1.29, 1.82) is 0 Å². The minimum absolute atomic E-state index is 0. The molecule has 6 nitrogen and oxygen atoms in total. The Kier molecular flexibility index (Phi) is 3.35. The summed E-state index contributed by atoms with van der Waals surface area (Å²) in [6, 6.07) is 2.68. The Labute approximate surface area is 128 Å². The number of benzene rings is 1. The zero-order chi connectivity index (χ0) is 16.0. The van der Waals surface area contributed by atoms with Gasteiger partial charge in [0.05, 0.1) is 5.52 Å². The number of rotatable bonds is 2. The highest BCUT2D eigenvalue weighted by molar-refractivity contribution is 6.08. The zero-order valence-corrected chi connectivity index (χ0v) is 12.7. The van der Waals surface area contributed by atoms with Gasteiger partial charge in [-0.1, -0.05) is 13.8 Å². The van der Waals surface area contributed by atoms with Gasteiger partial charge < -0.3 is 0 Å². The van der Waals surface area contributed by atoms with Crippen LogP contribution >= 0.6 is 0 Å². The summed E-state index contributed by atoms with van der Waals surface area (Å²) in [7, 11) is 1.70. The number of fused-ring (bicyclic) bond motifs is 1. The first-order valence-corrected chi connectivity index (χ1v) is 7.16. The smallest absolute Gasteiger partial charge is 0.278 e. The summed E-state index contributed by atoms with van der Waals surface area (Å²) in [5.74, 6) is -0.107. The van der Waals surface area contributed by atoms with Crippen molar-refractivity contribution >= 4 is 28.7 Å². The van der Waals surface area contributed by atoms with Gasteiger partial charge in [0.1, 0.15) is 5.82 Å². The number of nitrogens with zero attached hydrogens (tertiary/aromatic N) is 3. The lowest BCUT2D eigenvalue weighted by Crippen LogP contribution is -2.49. The molecule has 1 aromatic carbocycles. The van der Waals surface area contributed by atoms with Gasteiger partial charge in [-0.25, -0.2) is 9.18 Å². The van der Waals surface area contributed by atoms with Crippen molar-refractivity contribution in [3.63, 3.8) is 0 Å². The van der Waals surface area contributed by atoms with Crippen LogP contribution in [0.25, 0.3) is 10.9 Å². The van der Waals surface area contributed by atoms with Crippen molar-refractivity contribution in [2.45, 2.75) is 26.2 Å². The van der Waals surface area contributed by atoms with Crippen LogP contribution in [0.5, 0.6) is 0 Å². The Hall–Kier alpha value is -2.44. The molecule has 0 saturated carbocycles. The number of imide groups is 1. The lowest BCUT2D eigenvalue weighted by Gasteiger charge is -2.24. The first kappa shape index (κ1) is 14.5. The number of aromatic nitrogens is 2. The SMILES string of the molecule is CC(C)c1cc2c(N3CCC(=O)NC3=O)nn(C)c2cc1F.[HH]. The molecule has 22 heavy (non-hydrogen) atoms. The van der Waals surface area contributed by atoms with Gasteiger partial charge in [-0.05, 0) is 17.5 Å². The van der Waals surface area contributed by atoms with Crippen LogP contribution in [0.4, 0.5) is 15.0 Å². The topological polar surface area (TPSA) is 67.2 Å². The molecule has 2 aromatic rings. The van der Waals surface area contributed by atoms with E-state index in [1.54, 1.807) is 17.8 Å². The van der Waals surface area contributed by atoms with Crippen LogP contribution in [0.3, 0.4) is 0 Å². The second-order valence-corrected chi connectivity index (χ2v) is 5.75. The molecule has 3 amide bonds. The van der Waals surface area contributed by atoms with Gasteiger partial charge in [-0.2, -0.15) is 5.10 Å². The number of urea groups is 1. The third-order valence-corrected chi connectivity index (χ3v) is 3.88. The van der Waals surface area contributed by atoms with Gasteiger partial charge in [-0.15, -0.1) is 0 Å². The normalized spacial score (nSPS) is 15.8. The van der Waals surface area contributed by atoms with Crippen LogP contribution in [0, 0.1) is 5.82 Å². The van der Waals surface area contributed by atoms with E-state index in [1.807, 2.05) is 13.8 Å². The van der Waals surface area contributed by atoms with Crippen LogP contribution in [-0.4, -0.2) is 28.3 Å². The van der Waals surface area contributed by atoms with Gasteiger partial charge in [-0.3, -0.25) is 19.7 Å². The number of anilines is 1. The first-order chi connectivity index (χ1) is 10.4. The lowest BCUT2D eigenvalue weighted by atomic mass is 10.0. The molecule has 0 radical (unpaired) electrons. The van der Waals surface area contributed by atoms with E-state index in [0.29, 0.717) is 22.3 Å². The van der Waals surface area contributed by atoms with Gasteiger partial charge in [0.15, 0.2) is 5.82 Å². The number of nitrogens with one attached hydrogen (secondary N) is 1. The van der Waals surface area contributed by atoms with Crippen molar-refractivity contribution in [3.05, 3.63) is 23.5 Å². The third-order valence-electron chi connectivity index (χ3n) is 3.88. The zero-order valence-electron chi connectivity index (χ0n) is 12.7. The van der Waals surface area contributed by atoms with E-state index in [2.05, 4.69) is 10.4 Å². The van der Waals surface area contributed by atoms with Crippen LogP contribution in [0.1, 0.15) is 33.2 Å². The van der Waals surface area contributed by atoms with Crippen LogP contribution in [0.2, 0.25) is 0 Å². The summed E-state index contributed by atoms with van der Waals surface area (Å²) in [5, 5.41) is 7.32. The average molecular weight is 306 g/mol. The van der Waals surface area contributed by atoms with Gasteiger partial charge in [0.2, 0.25) is 5.91 Å². The van der Waals surface area contributed by atoms with Crippen LogP contribution in [-0.2, 0) is 11.8 Å². The molecule has 1 aliphatic rings. The highest BCUT2D eigenvalue weighted by Gasteiger charge is 2.28. The predicted molar refractivity (Wildman–Crippen MR) is 82.4 cm³/mol. The number of hydrogen-bond donors (Lipinski definition) is 1. The van der Waals surface area contributed by atoms with Crippen molar-refractivity contribution in [2.24, 2.45) is 7.05 Å². The number of aryl methyl sites for hydroxylation is 1. The number of carbonyl (C=O) groups is 2.